The second-order valence-corrected chi connectivity index (χ2v) is 8.78. The van der Waals surface area contributed by atoms with E-state index in [0.717, 1.165) is 27.4 Å². The van der Waals surface area contributed by atoms with Crippen LogP contribution in [0.5, 0.6) is 0 Å². The summed E-state index contributed by atoms with van der Waals surface area (Å²) in [7, 11) is 0. The fraction of sp³-hybridized carbons (Fsp3) is 0.217. The number of nitrogens with zero attached hydrogens (tertiary/aromatic N) is 3. The van der Waals surface area contributed by atoms with Crippen LogP contribution in [0.15, 0.2) is 65.3 Å². The Morgan fingerprint density at radius 1 is 0.931 bits per heavy atom. The summed E-state index contributed by atoms with van der Waals surface area (Å²) in [5.74, 6) is 0.558. The number of halogens is 1. The van der Waals surface area contributed by atoms with Gasteiger partial charge in [0.15, 0.2) is 5.82 Å². The summed E-state index contributed by atoms with van der Waals surface area (Å²) in [5, 5.41) is 0.961. The third-order valence-electron chi connectivity index (χ3n) is 6.42. The average Bonchev–Trinajstić information content (AvgIpc) is 3.42. The highest BCUT2D eigenvalue weighted by atomic mass is 79.9. The van der Waals surface area contributed by atoms with Crippen LogP contribution in [0.3, 0.4) is 0 Å². The summed E-state index contributed by atoms with van der Waals surface area (Å²) in [4.78, 5) is 36.4. The molecule has 0 N–H and O–H groups in total. The summed E-state index contributed by atoms with van der Waals surface area (Å²) < 4.78 is 0.915. The second kappa shape index (κ2) is 6.07. The Morgan fingerprint density at radius 3 is 2.31 bits per heavy atom. The van der Waals surface area contributed by atoms with Gasteiger partial charge < -0.3 is 0 Å². The van der Waals surface area contributed by atoms with Gasteiger partial charge in [0.1, 0.15) is 0 Å². The normalized spacial score (nSPS) is 27.3. The van der Waals surface area contributed by atoms with Crippen molar-refractivity contribution in [2.75, 3.05) is 4.90 Å². The molecule has 142 valence electrons. The van der Waals surface area contributed by atoms with Crippen molar-refractivity contribution in [1.29, 1.82) is 0 Å². The maximum atomic E-state index is 13.0. The molecular weight excluding hydrogens is 430 g/mol. The molecule has 6 heteroatoms. The van der Waals surface area contributed by atoms with E-state index in [2.05, 4.69) is 38.0 Å². The molecule has 1 saturated carbocycles. The third kappa shape index (κ3) is 2.38. The lowest BCUT2D eigenvalue weighted by molar-refractivity contribution is -0.123. The van der Waals surface area contributed by atoms with Gasteiger partial charge in [-0.25, -0.2) is 9.97 Å². The van der Waals surface area contributed by atoms with Crippen LogP contribution >= 0.6 is 15.9 Å². The molecule has 0 spiro atoms. The predicted molar refractivity (Wildman–Crippen MR) is 113 cm³/mol. The minimum atomic E-state index is -0.182. The molecule has 3 aliphatic rings. The molecule has 1 aromatic heterocycles. The highest BCUT2D eigenvalue weighted by Gasteiger charge is 2.59. The van der Waals surface area contributed by atoms with Gasteiger partial charge in [0.05, 0.1) is 23.0 Å². The Hall–Kier alpha value is -2.86. The number of hydrogen-bond acceptors (Lipinski definition) is 4. The first kappa shape index (κ1) is 17.0. The third-order valence-corrected chi connectivity index (χ3v) is 7.06. The monoisotopic (exact) mass is 445 g/mol. The van der Waals surface area contributed by atoms with E-state index in [1.54, 1.807) is 6.20 Å². The van der Waals surface area contributed by atoms with Crippen molar-refractivity contribution in [2.24, 2.45) is 23.7 Å². The molecule has 1 aliphatic heterocycles. The van der Waals surface area contributed by atoms with Crippen molar-refractivity contribution in [3.05, 3.63) is 65.3 Å². The van der Waals surface area contributed by atoms with Crippen LogP contribution in [0.1, 0.15) is 6.42 Å². The molecule has 6 rings (SSSR count). The molecule has 0 radical (unpaired) electrons. The minimum Gasteiger partial charge on any atom is -0.274 e. The van der Waals surface area contributed by atoms with Crippen LogP contribution < -0.4 is 4.90 Å². The first-order valence-electron chi connectivity index (χ1n) is 9.69. The van der Waals surface area contributed by atoms with Crippen LogP contribution in [0.25, 0.3) is 22.3 Å². The standard InChI is InChI=1S/C23H16BrN3O2/c24-17-3-1-2-15-11-25-21(26-20(15)17)12-6-8-16(9-7-12)27-22(28)18-13-4-5-14(10-13)19(18)23(27)29/h1-9,11,13-14,18-19H,10H2/t13-,14?,18+,19-/m1/s1. The molecule has 1 unspecified atom stereocenters. The van der Waals surface area contributed by atoms with Gasteiger partial charge in [0.2, 0.25) is 11.8 Å². The lowest BCUT2D eigenvalue weighted by Crippen LogP contribution is -2.32. The Labute approximate surface area is 175 Å². The molecule has 2 fully saturated rings. The van der Waals surface area contributed by atoms with E-state index in [4.69, 9.17) is 0 Å². The van der Waals surface area contributed by atoms with E-state index < -0.39 is 0 Å². The Bertz CT molecular complexity index is 1190. The van der Waals surface area contributed by atoms with E-state index >= 15 is 0 Å². The number of carbonyl (C=O) groups excluding carboxylic acids is 2. The van der Waals surface area contributed by atoms with E-state index in [-0.39, 0.29) is 35.5 Å². The topological polar surface area (TPSA) is 63.2 Å². The van der Waals surface area contributed by atoms with Crippen molar-refractivity contribution in [3.63, 3.8) is 0 Å². The zero-order valence-electron chi connectivity index (χ0n) is 15.3. The smallest absolute Gasteiger partial charge is 0.238 e. The molecule has 29 heavy (non-hydrogen) atoms. The quantitative estimate of drug-likeness (QED) is 0.433. The Kier molecular flexibility index (Phi) is 3.56. The Morgan fingerprint density at radius 2 is 1.62 bits per heavy atom. The number of hydrogen-bond donors (Lipinski definition) is 0. The van der Waals surface area contributed by atoms with Gasteiger partial charge in [-0.1, -0.05) is 24.3 Å². The molecule has 2 aromatic carbocycles. The first-order valence-corrected chi connectivity index (χ1v) is 10.5. The van der Waals surface area contributed by atoms with Gasteiger partial charge in [0.25, 0.3) is 0 Å². The molecule has 5 nitrogen and oxygen atoms in total. The van der Waals surface area contributed by atoms with Gasteiger partial charge in [-0.3, -0.25) is 14.5 Å². The predicted octanol–water partition coefficient (Wildman–Crippen LogP) is 4.37. The summed E-state index contributed by atoms with van der Waals surface area (Å²) >= 11 is 3.53. The van der Waals surface area contributed by atoms with Crippen LogP contribution in [0, 0.1) is 23.7 Å². The SMILES string of the molecule is O=C1[C@H]2[C@@H]3C=CC(C3)[C@H]2C(=O)N1c1ccc(-c2ncc3cccc(Br)c3n2)cc1. The number of benzene rings is 2. The summed E-state index contributed by atoms with van der Waals surface area (Å²) in [5.41, 5.74) is 2.31. The van der Waals surface area contributed by atoms with Gasteiger partial charge in [0, 0.05) is 21.6 Å². The summed E-state index contributed by atoms with van der Waals surface area (Å²) in [6, 6.07) is 13.2. The van der Waals surface area contributed by atoms with Crippen LogP contribution in [0.4, 0.5) is 5.69 Å². The van der Waals surface area contributed by atoms with Crippen molar-refractivity contribution >= 4 is 44.3 Å². The van der Waals surface area contributed by atoms with E-state index in [1.807, 2.05) is 42.5 Å². The first-order chi connectivity index (χ1) is 14.1. The number of imide groups is 1. The summed E-state index contributed by atoms with van der Waals surface area (Å²) in [6.07, 6.45) is 6.96. The molecule has 2 heterocycles. The number of para-hydroxylation sites is 1. The zero-order valence-corrected chi connectivity index (χ0v) is 16.9. The fourth-order valence-electron chi connectivity index (χ4n) is 5.08. The van der Waals surface area contributed by atoms with Crippen LogP contribution in [-0.2, 0) is 9.59 Å². The second-order valence-electron chi connectivity index (χ2n) is 7.93. The van der Waals surface area contributed by atoms with Gasteiger partial charge in [-0.15, -0.1) is 0 Å². The average molecular weight is 446 g/mol. The van der Waals surface area contributed by atoms with Crippen molar-refractivity contribution in [1.82, 2.24) is 9.97 Å². The van der Waals surface area contributed by atoms with Gasteiger partial charge >= 0.3 is 0 Å². The lowest BCUT2D eigenvalue weighted by Gasteiger charge is -2.17. The molecule has 1 saturated heterocycles. The summed E-state index contributed by atoms with van der Waals surface area (Å²) in [6.45, 7) is 0. The molecule has 3 aromatic rings. The van der Waals surface area contributed by atoms with E-state index in [9.17, 15) is 9.59 Å². The number of carbonyl (C=O) groups is 2. The fourth-order valence-corrected chi connectivity index (χ4v) is 5.55. The highest BCUT2D eigenvalue weighted by Crippen LogP contribution is 2.53. The molecule has 2 aliphatic carbocycles. The van der Waals surface area contributed by atoms with Gasteiger partial charge in [-0.05, 0) is 64.5 Å². The number of rotatable bonds is 2. The highest BCUT2D eigenvalue weighted by molar-refractivity contribution is 9.10. The number of fused-ring (bicyclic) bond motifs is 6. The van der Waals surface area contributed by atoms with E-state index in [1.165, 1.54) is 4.90 Å². The molecule has 2 bridgehead atoms. The minimum absolute atomic E-state index is 0.0597. The van der Waals surface area contributed by atoms with E-state index in [0.29, 0.717) is 11.5 Å². The van der Waals surface area contributed by atoms with Gasteiger partial charge in [-0.2, -0.15) is 0 Å². The maximum absolute atomic E-state index is 13.0. The van der Waals surface area contributed by atoms with Crippen LogP contribution in [0.2, 0.25) is 0 Å². The lowest BCUT2D eigenvalue weighted by atomic mass is 9.85. The van der Waals surface area contributed by atoms with Crippen molar-refractivity contribution in [3.8, 4) is 11.4 Å². The van der Waals surface area contributed by atoms with Crippen LogP contribution in [-0.4, -0.2) is 21.8 Å². The van der Waals surface area contributed by atoms with Crippen molar-refractivity contribution < 1.29 is 9.59 Å². The molecular formula is C23H16BrN3O2. The maximum Gasteiger partial charge on any atom is 0.238 e. The largest absolute Gasteiger partial charge is 0.274 e. The number of amides is 2. The zero-order chi connectivity index (χ0) is 19.7. The Balaban J connectivity index is 1.33. The number of aromatic nitrogens is 2. The molecule has 4 atom stereocenters. The number of anilines is 1. The van der Waals surface area contributed by atoms with Crippen molar-refractivity contribution in [2.45, 2.75) is 6.42 Å². The number of allylic oxidation sites excluding steroid dienone is 2. The molecule has 2 amide bonds.